The molecule has 0 radical (unpaired) electrons. The Hall–Kier alpha value is -1.91. The van der Waals surface area contributed by atoms with Crippen molar-refractivity contribution in [1.82, 2.24) is 0 Å². The Kier molecular flexibility index (Phi) is 3.35. The maximum atomic E-state index is 2.44. The molecule has 0 bridgehead atoms. The van der Waals surface area contributed by atoms with Gasteiger partial charge < -0.3 is 0 Å². The molecule has 0 saturated heterocycles. The van der Waals surface area contributed by atoms with Crippen LogP contribution in [0.25, 0.3) is 0 Å². The summed E-state index contributed by atoms with van der Waals surface area (Å²) in [6.45, 7) is 0. The molecule has 1 heteroatoms. The van der Waals surface area contributed by atoms with Gasteiger partial charge in [-0.15, -0.1) is 0 Å². The standard InChI is InChI=1S/C23H23P/c1-3-10-18(11-4-1)24(19-12-5-2-6-13-19)22-16-8-7-14-20(22)21-15-9-17-23(21)24/h1-8,10-14,16,21,23-24H,9,15,17H2/t21?,23-/m0/s1. The number of benzene rings is 3. The summed E-state index contributed by atoms with van der Waals surface area (Å²) in [5.41, 5.74) is 2.47. The van der Waals surface area contributed by atoms with Gasteiger partial charge in [-0.05, 0) is 0 Å². The maximum absolute atomic E-state index is 2.44. The van der Waals surface area contributed by atoms with Gasteiger partial charge in [-0.2, -0.15) is 0 Å². The van der Waals surface area contributed by atoms with Gasteiger partial charge in [-0.1, -0.05) is 0 Å². The Morgan fingerprint density at radius 3 is 1.88 bits per heavy atom. The molecular formula is C23H23P. The Bertz CT molecular complexity index is 814. The Balaban J connectivity index is 1.88. The minimum absolute atomic E-state index is 0.772. The molecular weight excluding hydrogens is 307 g/mol. The quantitative estimate of drug-likeness (QED) is 0.612. The molecule has 5 rings (SSSR count). The Labute approximate surface area is 144 Å². The van der Waals surface area contributed by atoms with E-state index in [1.165, 1.54) is 19.3 Å². The molecule has 1 fully saturated rings. The van der Waals surface area contributed by atoms with Crippen LogP contribution in [-0.4, -0.2) is 5.66 Å². The zero-order valence-corrected chi connectivity index (χ0v) is 14.9. The number of fused-ring (bicyclic) bond motifs is 3. The SMILES string of the molecule is c1ccc([PH]2(c3ccccc3)c3ccccc3C3CCC[C@@H]32)cc1. The van der Waals surface area contributed by atoms with Crippen molar-refractivity contribution in [1.29, 1.82) is 0 Å². The molecule has 2 aliphatic rings. The molecule has 0 aromatic heterocycles. The molecule has 1 unspecified atom stereocenters. The second-order valence-corrected chi connectivity index (χ2v) is 11.3. The fourth-order valence-electron chi connectivity index (χ4n) is 5.54. The van der Waals surface area contributed by atoms with Gasteiger partial charge in [-0.25, -0.2) is 0 Å². The van der Waals surface area contributed by atoms with Crippen molar-refractivity contribution in [3.63, 3.8) is 0 Å². The van der Waals surface area contributed by atoms with Gasteiger partial charge in [0.25, 0.3) is 0 Å². The van der Waals surface area contributed by atoms with Crippen molar-refractivity contribution in [3.8, 4) is 0 Å². The first-order valence-electron chi connectivity index (χ1n) is 9.13. The van der Waals surface area contributed by atoms with E-state index in [1.807, 2.05) is 0 Å². The van der Waals surface area contributed by atoms with Crippen molar-refractivity contribution in [3.05, 3.63) is 90.5 Å². The molecule has 0 nitrogen and oxygen atoms in total. The molecule has 120 valence electrons. The molecule has 0 N–H and O–H groups in total. The average molecular weight is 330 g/mol. The normalized spacial score (nSPS) is 25.0. The summed E-state index contributed by atoms with van der Waals surface area (Å²) in [4.78, 5) is 0. The average Bonchev–Trinajstić information content (AvgIpc) is 3.24. The van der Waals surface area contributed by atoms with E-state index < -0.39 is 7.26 Å². The Morgan fingerprint density at radius 1 is 0.625 bits per heavy atom. The van der Waals surface area contributed by atoms with Crippen molar-refractivity contribution in [2.24, 2.45) is 0 Å². The van der Waals surface area contributed by atoms with Crippen molar-refractivity contribution >= 4 is 23.2 Å². The van der Waals surface area contributed by atoms with Crippen LogP contribution in [0.1, 0.15) is 30.7 Å². The molecule has 3 aromatic carbocycles. The second-order valence-electron chi connectivity index (χ2n) is 7.27. The number of hydrogen-bond donors (Lipinski definition) is 0. The van der Waals surface area contributed by atoms with Crippen LogP contribution in [0.3, 0.4) is 0 Å². The molecule has 3 aromatic rings. The summed E-state index contributed by atoms with van der Waals surface area (Å²) >= 11 is 0. The van der Waals surface area contributed by atoms with Crippen molar-refractivity contribution < 1.29 is 0 Å². The Morgan fingerprint density at radius 2 is 1.21 bits per heavy atom. The number of hydrogen-bond acceptors (Lipinski definition) is 0. The van der Waals surface area contributed by atoms with Crippen LogP contribution < -0.4 is 15.9 Å². The summed E-state index contributed by atoms with van der Waals surface area (Å²) in [7, 11) is -1.94. The topological polar surface area (TPSA) is 0 Å². The summed E-state index contributed by atoms with van der Waals surface area (Å²) in [6.07, 6.45) is 4.14. The molecule has 0 amide bonds. The first-order valence-corrected chi connectivity index (χ1v) is 11.2. The van der Waals surface area contributed by atoms with E-state index in [0.29, 0.717) is 0 Å². The van der Waals surface area contributed by atoms with Crippen LogP contribution in [0.2, 0.25) is 0 Å². The predicted octanol–water partition coefficient (Wildman–Crippen LogP) is 4.36. The van der Waals surface area contributed by atoms with E-state index in [4.69, 9.17) is 0 Å². The zero-order valence-electron chi connectivity index (χ0n) is 13.9. The predicted molar refractivity (Wildman–Crippen MR) is 107 cm³/mol. The summed E-state index contributed by atoms with van der Waals surface area (Å²) in [5.74, 6) is 0.772. The van der Waals surface area contributed by atoms with E-state index in [2.05, 4.69) is 84.9 Å². The van der Waals surface area contributed by atoms with E-state index in [9.17, 15) is 0 Å². The van der Waals surface area contributed by atoms with Crippen LogP contribution in [0, 0.1) is 0 Å². The number of rotatable bonds is 2. The third-order valence-electron chi connectivity index (χ3n) is 6.32. The third kappa shape index (κ3) is 1.84. The van der Waals surface area contributed by atoms with Gasteiger partial charge in [0.1, 0.15) is 0 Å². The van der Waals surface area contributed by atoms with Crippen molar-refractivity contribution in [2.45, 2.75) is 30.8 Å². The van der Waals surface area contributed by atoms with Gasteiger partial charge in [0.15, 0.2) is 0 Å². The first kappa shape index (κ1) is 14.4. The minimum atomic E-state index is -1.94. The van der Waals surface area contributed by atoms with E-state index in [-0.39, 0.29) is 0 Å². The van der Waals surface area contributed by atoms with Crippen LogP contribution in [0.15, 0.2) is 84.9 Å². The summed E-state index contributed by atoms with van der Waals surface area (Å²) in [5, 5.41) is 4.87. The fraction of sp³-hybridized carbons (Fsp3) is 0.217. The first-order chi connectivity index (χ1) is 11.9. The summed E-state index contributed by atoms with van der Waals surface area (Å²) in [6, 6.07) is 32.2. The van der Waals surface area contributed by atoms with Crippen LogP contribution in [0.4, 0.5) is 0 Å². The van der Waals surface area contributed by atoms with Crippen LogP contribution in [0.5, 0.6) is 0 Å². The second kappa shape index (κ2) is 5.57. The third-order valence-corrected chi connectivity index (χ3v) is 11.9. The molecule has 2 atom stereocenters. The monoisotopic (exact) mass is 330 g/mol. The molecule has 1 aliphatic heterocycles. The molecule has 0 spiro atoms. The molecule has 24 heavy (non-hydrogen) atoms. The summed E-state index contributed by atoms with van der Waals surface area (Å²) < 4.78 is 0. The van der Waals surface area contributed by atoms with E-state index >= 15 is 0 Å². The van der Waals surface area contributed by atoms with Gasteiger partial charge in [-0.3, -0.25) is 0 Å². The molecule has 1 aliphatic carbocycles. The van der Waals surface area contributed by atoms with Crippen LogP contribution >= 0.6 is 7.26 Å². The van der Waals surface area contributed by atoms with Crippen LogP contribution in [-0.2, 0) is 0 Å². The fourth-order valence-corrected chi connectivity index (χ4v) is 11.9. The van der Waals surface area contributed by atoms with Gasteiger partial charge in [0.2, 0.25) is 0 Å². The van der Waals surface area contributed by atoms with Gasteiger partial charge in [0.05, 0.1) is 0 Å². The van der Waals surface area contributed by atoms with Gasteiger partial charge >= 0.3 is 145 Å². The van der Waals surface area contributed by atoms with E-state index in [1.54, 1.807) is 21.5 Å². The molecule has 1 heterocycles. The van der Waals surface area contributed by atoms with Gasteiger partial charge in [0, 0.05) is 0 Å². The zero-order chi connectivity index (χ0) is 16.0. The molecule has 1 saturated carbocycles. The van der Waals surface area contributed by atoms with Crippen molar-refractivity contribution in [2.75, 3.05) is 0 Å². The van der Waals surface area contributed by atoms with E-state index in [0.717, 1.165) is 11.6 Å².